The van der Waals surface area contributed by atoms with E-state index in [0.29, 0.717) is 13.2 Å². The second-order valence-electron chi connectivity index (χ2n) is 3.41. The zero-order valence-electron chi connectivity index (χ0n) is 9.77. The lowest BCUT2D eigenvalue weighted by Gasteiger charge is -2.13. The van der Waals surface area contributed by atoms with Crippen molar-refractivity contribution >= 4 is 33.2 Å². The van der Waals surface area contributed by atoms with Crippen molar-refractivity contribution in [1.82, 2.24) is 4.98 Å². The van der Waals surface area contributed by atoms with Crippen LogP contribution >= 0.6 is 22.9 Å². The van der Waals surface area contributed by atoms with Crippen LogP contribution in [-0.4, -0.2) is 18.2 Å². The fourth-order valence-corrected chi connectivity index (χ4v) is 2.75. The Morgan fingerprint density at radius 3 is 2.65 bits per heavy atom. The van der Waals surface area contributed by atoms with E-state index in [1.165, 1.54) is 0 Å². The molecule has 3 nitrogen and oxygen atoms in total. The summed E-state index contributed by atoms with van der Waals surface area (Å²) in [6.07, 6.45) is -0.374. The van der Waals surface area contributed by atoms with Gasteiger partial charge in [0.25, 0.3) is 0 Å². The Kier molecular flexibility index (Phi) is 4.34. The van der Waals surface area contributed by atoms with Gasteiger partial charge >= 0.3 is 0 Å². The van der Waals surface area contributed by atoms with Crippen molar-refractivity contribution in [3.63, 3.8) is 0 Å². The molecular weight excluding hydrogens is 258 g/mol. The van der Waals surface area contributed by atoms with Gasteiger partial charge in [-0.15, -0.1) is 11.3 Å². The number of hydrogen-bond acceptors (Lipinski definition) is 4. The number of aromatic nitrogens is 1. The quantitative estimate of drug-likeness (QED) is 0.770. The van der Waals surface area contributed by atoms with Crippen molar-refractivity contribution in [2.45, 2.75) is 20.1 Å². The maximum atomic E-state index is 5.95. The molecule has 17 heavy (non-hydrogen) atoms. The molecule has 0 N–H and O–H groups in total. The predicted octanol–water partition coefficient (Wildman–Crippen LogP) is 4.02. The number of hydrogen-bond donors (Lipinski definition) is 0. The maximum Gasteiger partial charge on any atom is 0.210 e. The second kappa shape index (κ2) is 5.78. The fourth-order valence-electron chi connectivity index (χ4n) is 1.51. The lowest BCUT2D eigenvalue weighted by molar-refractivity contribution is -0.140. The number of nitrogens with zero attached hydrogens (tertiary/aromatic N) is 1. The molecule has 0 amide bonds. The lowest BCUT2D eigenvalue weighted by Crippen LogP contribution is -2.08. The summed E-state index contributed by atoms with van der Waals surface area (Å²) in [6.45, 7) is 5.08. The van der Waals surface area contributed by atoms with Crippen LogP contribution in [0.25, 0.3) is 10.2 Å². The number of rotatable bonds is 5. The Bertz CT molecular complexity index is 494. The molecule has 2 rings (SSSR count). The van der Waals surface area contributed by atoms with Crippen LogP contribution in [0.4, 0.5) is 0 Å². The average Bonchev–Trinajstić information content (AvgIpc) is 2.71. The molecule has 92 valence electrons. The molecule has 0 spiro atoms. The van der Waals surface area contributed by atoms with Gasteiger partial charge in [-0.1, -0.05) is 11.6 Å². The van der Waals surface area contributed by atoms with Crippen molar-refractivity contribution in [3.8, 4) is 0 Å². The van der Waals surface area contributed by atoms with E-state index in [1.807, 2.05) is 32.0 Å². The Morgan fingerprint density at radius 1 is 1.29 bits per heavy atom. The third kappa shape index (κ3) is 2.96. The van der Waals surface area contributed by atoms with Gasteiger partial charge < -0.3 is 9.47 Å². The van der Waals surface area contributed by atoms with E-state index in [-0.39, 0.29) is 6.29 Å². The first-order valence-electron chi connectivity index (χ1n) is 5.53. The monoisotopic (exact) mass is 271 g/mol. The minimum atomic E-state index is -0.374. The summed E-state index contributed by atoms with van der Waals surface area (Å²) in [5.74, 6) is 0. The van der Waals surface area contributed by atoms with Crippen LogP contribution in [0.5, 0.6) is 0 Å². The average molecular weight is 272 g/mol. The summed E-state index contributed by atoms with van der Waals surface area (Å²) >= 11 is 7.50. The van der Waals surface area contributed by atoms with Gasteiger partial charge in [0.1, 0.15) is 0 Å². The topological polar surface area (TPSA) is 31.4 Å². The summed E-state index contributed by atoms with van der Waals surface area (Å²) in [4.78, 5) is 4.50. The highest BCUT2D eigenvalue weighted by molar-refractivity contribution is 7.18. The first-order valence-corrected chi connectivity index (χ1v) is 6.73. The first kappa shape index (κ1) is 12.8. The molecule has 1 heterocycles. The molecule has 0 aliphatic heterocycles. The van der Waals surface area contributed by atoms with Gasteiger partial charge in [-0.25, -0.2) is 4.98 Å². The van der Waals surface area contributed by atoms with Crippen molar-refractivity contribution in [1.29, 1.82) is 0 Å². The van der Waals surface area contributed by atoms with Crippen molar-refractivity contribution < 1.29 is 9.47 Å². The molecule has 0 unspecified atom stereocenters. The number of halogens is 1. The van der Waals surface area contributed by atoms with Crippen LogP contribution in [-0.2, 0) is 9.47 Å². The molecule has 0 fully saturated rings. The van der Waals surface area contributed by atoms with E-state index >= 15 is 0 Å². The van der Waals surface area contributed by atoms with E-state index in [2.05, 4.69) is 4.98 Å². The molecule has 2 aromatic rings. The van der Waals surface area contributed by atoms with Gasteiger partial charge in [-0.2, -0.15) is 0 Å². The molecule has 5 heteroatoms. The van der Waals surface area contributed by atoms with E-state index < -0.39 is 0 Å². The Morgan fingerprint density at radius 2 is 2.00 bits per heavy atom. The number of thiazole rings is 1. The minimum Gasteiger partial charge on any atom is -0.347 e. The SMILES string of the molecule is CCOC(OCC)c1nc2ccc(Cl)cc2s1. The molecule has 0 radical (unpaired) electrons. The summed E-state index contributed by atoms with van der Waals surface area (Å²) in [7, 11) is 0. The molecule has 0 saturated heterocycles. The third-order valence-electron chi connectivity index (χ3n) is 2.20. The Hall–Kier alpha value is -0.680. The lowest BCUT2D eigenvalue weighted by atomic mass is 10.3. The van der Waals surface area contributed by atoms with Crippen molar-refractivity contribution in [2.75, 3.05) is 13.2 Å². The predicted molar refractivity (Wildman–Crippen MR) is 70.6 cm³/mol. The molecule has 0 atom stereocenters. The molecule has 0 aliphatic rings. The van der Waals surface area contributed by atoms with Crippen LogP contribution < -0.4 is 0 Å². The summed E-state index contributed by atoms with van der Waals surface area (Å²) < 4.78 is 12.1. The van der Waals surface area contributed by atoms with Gasteiger partial charge in [0.2, 0.25) is 6.29 Å². The van der Waals surface area contributed by atoms with Crippen LogP contribution in [0.2, 0.25) is 5.02 Å². The van der Waals surface area contributed by atoms with Gasteiger partial charge in [-0.05, 0) is 32.0 Å². The van der Waals surface area contributed by atoms with Crippen LogP contribution in [0.15, 0.2) is 18.2 Å². The van der Waals surface area contributed by atoms with E-state index in [1.54, 1.807) is 11.3 Å². The normalized spacial score (nSPS) is 11.5. The highest BCUT2D eigenvalue weighted by Gasteiger charge is 2.16. The zero-order chi connectivity index (χ0) is 12.3. The van der Waals surface area contributed by atoms with Crippen LogP contribution in [0.3, 0.4) is 0 Å². The Labute approximate surface area is 109 Å². The summed E-state index contributed by atoms with van der Waals surface area (Å²) in [5, 5.41) is 1.56. The highest BCUT2D eigenvalue weighted by atomic mass is 35.5. The molecule has 1 aromatic heterocycles. The molecule has 0 bridgehead atoms. The maximum absolute atomic E-state index is 5.95. The number of ether oxygens (including phenoxy) is 2. The fraction of sp³-hybridized carbons (Fsp3) is 0.417. The number of benzene rings is 1. The smallest absolute Gasteiger partial charge is 0.210 e. The minimum absolute atomic E-state index is 0.374. The molecule has 0 aliphatic carbocycles. The van der Waals surface area contributed by atoms with E-state index in [0.717, 1.165) is 20.2 Å². The van der Waals surface area contributed by atoms with Gasteiger partial charge in [0.05, 0.1) is 10.2 Å². The van der Waals surface area contributed by atoms with Crippen LogP contribution in [0.1, 0.15) is 25.1 Å². The van der Waals surface area contributed by atoms with Gasteiger partial charge in [0.15, 0.2) is 5.01 Å². The third-order valence-corrected chi connectivity index (χ3v) is 3.48. The summed E-state index contributed by atoms with van der Waals surface area (Å²) in [5.41, 5.74) is 0.929. The Balaban J connectivity index is 2.33. The highest BCUT2D eigenvalue weighted by Crippen LogP contribution is 2.30. The van der Waals surface area contributed by atoms with Crippen LogP contribution in [0, 0.1) is 0 Å². The van der Waals surface area contributed by atoms with Crippen molar-refractivity contribution in [2.24, 2.45) is 0 Å². The number of fused-ring (bicyclic) bond motifs is 1. The standard InChI is InChI=1S/C12H14ClNO2S/c1-3-15-12(16-4-2)11-14-9-6-5-8(13)7-10(9)17-11/h5-7,12H,3-4H2,1-2H3. The summed E-state index contributed by atoms with van der Waals surface area (Å²) in [6, 6.07) is 5.66. The van der Waals surface area contributed by atoms with Gasteiger partial charge in [-0.3, -0.25) is 0 Å². The van der Waals surface area contributed by atoms with E-state index in [4.69, 9.17) is 21.1 Å². The molecule has 1 aromatic carbocycles. The second-order valence-corrected chi connectivity index (χ2v) is 4.91. The van der Waals surface area contributed by atoms with E-state index in [9.17, 15) is 0 Å². The zero-order valence-corrected chi connectivity index (χ0v) is 11.3. The molecular formula is C12H14ClNO2S. The van der Waals surface area contributed by atoms with Gasteiger partial charge in [0, 0.05) is 18.2 Å². The van der Waals surface area contributed by atoms with Crippen molar-refractivity contribution in [3.05, 3.63) is 28.2 Å². The molecule has 0 saturated carbocycles. The largest absolute Gasteiger partial charge is 0.347 e. The first-order chi connectivity index (χ1) is 8.24.